The van der Waals surface area contributed by atoms with Crippen molar-refractivity contribution < 1.29 is 14.3 Å². The van der Waals surface area contributed by atoms with Gasteiger partial charge in [0, 0.05) is 10.7 Å². The number of aromatic amines is 1. The Hall–Kier alpha value is -3.96. The number of nitrogens with zero attached hydrogens (tertiary/aromatic N) is 3. The van der Waals surface area contributed by atoms with E-state index in [1.165, 1.54) is 7.11 Å². The fourth-order valence-corrected chi connectivity index (χ4v) is 3.24. The Balaban J connectivity index is 1.63. The van der Waals surface area contributed by atoms with E-state index in [-0.39, 0.29) is 5.75 Å². The first-order valence-corrected chi connectivity index (χ1v) is 9.95. The Morgan fingerprint density at radius 3 is 2.71 bits per heavy atom. The van der Waals surface area contributed by atoms with Crippen molar-refractivity contribution in [2.75, 3.05) is 7.11 Å². The van der Waals surface area contributed by atoms with Crippen molar-refractivity contribution in [2.45, 2.75) is 0 Å². The topological polar surface area (TPSA) is 101 Å². The Morgan fingerprint density at radius 1 is 1.16 bits per heavy atom. The number of methoxy groups -OCH3 is 1. The van der Waals surface area contributed by atoms with Crippen molar-refractivity contribution in [3.8, 4) is 17.6 Å². The SMILES string of the molecule is COc1cc(C=C(C#N)c2nc3ncc(Br)cc3[nH]2)ccc1OC(=O)c1ccccc1. The van der Waals surface area contributed by atoms with Gasteiger partial charge in [0.1, 0.15) is 6.07 Å². The molecule has 1 N–H and O–H groups in total. The number of hydrogen-bond acceptors (Lipinski definition) is 6. The molecule has 2 aromatic carbocycles. The van der Waals surface area contributed by atoms with Crippen molar-refractivity contribution in [3.63, 3.8) is 0 Å². The fraction of sp³-hybridized carbons (Fsp3) is 0.0435. The van der Waals surface area contributed by atoms with E-state index < -0.39 is 5.97 Å². The van der Waals surface area contributed by atoms with Gasteiger partial charge in [-0.25, -0.2) is 14.8 Å². The Morgan fingerprint density at radius 2 is 1.97 bits per heavy atom. The van der Waals surface area contributed by atoms with Crippen molar-refractivity contribution in [3.05, 3.63) is 82.2 Å². The highest BCUT2D eigenvalue weighted by atomic mass is 79.9. The molecule has 4 aromatic rings. The van der Waals surface area contributed by atoms with Crippen LogP contribution in [0.2, 0.25) is 0 Å². The van der Waals surface area contributed by atoms with Crippen LogP contribution < -0.4 is 9.47 Å². The number of pyridine rings is 1. The summed E-state index contributed by atoms with van der Waals surface area (Å²) < 4.78 is 11.6. The molecule has 0 atom stereocenters. The van der Waals surface area contributed by atoms with E-state index in [4.69, 9.17) is 9.47 Å². The van der Waals surface area contributed by atoms with Crippen LogP contribution in [0.5, 0.6) is 11.5 Å². The predicted octanol–water partition coefficient (Wildman–Crippen LogP) is 5.01. The second kappa shape index (κ2) is 8.81. The third kappa shape index (κ3) is 4.47. The smallest absolute Gasteiger partial charge is 0.343 e. The molecule has 0 bridgehead atoms. The van der Waals surface area contributed by atoms with Crippen molar-refractivity contribution in [1.29, 1.82) is 5.26 Å². The van der Waals surface area contributed by atoms with Gasteiger partial charge in [-0.2, -0.15) is 5.26 Å². The van der Waals surface area contributed by atoms with Crippen LogP contribution in [-0.4, -0.2) is 28.0 Å². The van der Waals surface area contributed by atoms with Crippen LogP contribution in [-0.2, 0) is 0 Å². The number of carbonyl (C=O) groups excluding carboxylic acids is 1. The fourth-order valence-electron chi connectivity index (χ4n) is 2.91. The summed E-state index contributed by atoms with van der Waals surface area (Å²) in [6.45, 7) is 0. The van der Waals surface area contributed by atoms with Crippen LogP contribution in [0.1, 0.15) is 21.7 Å². The molecule has 0 spiro atoms. The Bertz CT molecular complexity index is 1340. The zero-order valence-electron chi connectivity index (χ0n) is 16.3. The maximum atomic E-state index is 12.3. The van der Waals surface area contributed by atoms with E-state index in [1.54, 1.807) is 54.7 Å². The zero-order chi connectivity index (χ0) is 21.8. The second-order valence-corrected chi connectivity index (χ2v) is 7.36. The minimum absolute atomic E-state index is 0.282. The molecule has 4 rings (SSSR count). The van der Waals surface area contributed by atoms with Gasteiger partial charge in [-0.05, 0) is 57.9 Å². The number of nitrogens with one attached hydrogen (secondary N) is 1. The maximum Gasteiger partial charge on any atom is 0.343 e. The number of imidazole rings is 1. The number of ether oxygens (including phenoxy) is 2. The average Bonchev–Trinajstić information content (AvgIpc) is 3.21. The number of aromatic nitrogens is 3. The van der Waals surface area contributed by atoms with Gasteiger partial charge >= 0.3 is 5.97 Å². The summed E-state index contributed by atoms with van der Waals surface area (Å²) in [5.41, 5.74) is 2.67. The second-order valence-electron chi connectivity index (χ2n) is 6.45. The lowest BCUT2D eigenvalue weighted by atomic mass is 10.1. The molecule has 31 heavy (non-hydrogen) atoms. The van der Waals surface area contributed by atoms with Crippen LogP contribution in [0.4, 0.5) is 0 Å². The van der Waals surface area contributed by atoms with Crippen LogP contribution in [0.25, 0.3) is 22.8 Å². The molecule has 0 saturated carbocycles. The third-order valence-corrected chi connectivity index (χ3v) is 4.82. The first kappa shape index (κ1) is 20.3. The number of fused-ring (bicyclic) bond motifs is 1. The number of allylic oxidation sites excluding steroid dienone is 1. The van der Waals surface area contributed by atoms with Gasteiger partial charge in [-0.1, -0.05) is 24.3 Å². The molecule has 0 unspecified atom stereocenters. The average molecular weight is 475 g/mol. The molecule has 7 nitrogen and oxygen atoms in total. The Labute approximate surface area is 186 Å². The minimum atomic E-state index is -0.485. The van der Waals surface area contributed by atoms with Crippen LogP contribution in [0.3, 0.4) is 0 Å². The first-order chi connectivity index (χ1) is 15.1. The summed E-state index contributed by atoms with van der Waals surface area (Å²) >= 11 is 3.36. The van der Waals surface area contributed by atoms with Gasteiger partial charge in [0.25, 0.3) is 0 Å². The molecule has 0 saturated heterocycles. The van der Waals surface area contributed by atoms with Gasteiger partial charge in [0.2, 0.25) is 0 Å². The lowest BCUT2D eigenvalue weighted by Crippen LogP contribution is -2.09. The number of rotatable bonds is 5. The van der Waals surface area contributed by atoms with Crippen LogP contribution in [0.15, 0.2) is 65.3 Å². The maximum absolute atomic E-state index is 12.3. The van der Waals surface area contributed by atoms with Gasteiger partial charge in [-0.3, -0.25) is 0 Å². The summed E-state index contributed by atoms with van der Waals surface area (Å²) in [6.07, 6.45) is 3.31. The highest BCUT2D eigenvalue weighted by Gasteiger charge is 2.14. The van der Waals surface area contributed by atoms with E-state index in [0.717, 1.165) is 4.47 Å². The number of carbonyl (C=O) groups is 1. The number of esters is 1. The number of nitriles is 1. The summed E-state index contributed by atoms with van der Waals surface area (Å²) in [4.78, 5) is 24.0. The number of halogens is 1. The minimum Gasteiger partial charge on any atom is -0.493 e. The van der Waals surface area contributed by atoms with Gasteiger partial charge in [-0.15, -0.1) is 0 Å². The summed E-state index contributed by atoms with van der Waals surface area (Å²) in [7, 11) is 1.48. The summed E-state index contributed by atoms with van der Waals surface area (Å²) in [6, 6.07) is 17.7. The molecule has 0 amide bonds. The molecule has 152 valence electrons. The molecule has 0 fully saturated rings. The molecular weight excluding hydrogens is 460 g/mol. The number of hydrogen-bond donors (Lipinski definition) is 1. The van der Waals surface area contributed by atoms with E-state index >= 15 is 0 Å². The van der Waals surface area contributed by atoms with E-state index in [1.807, 2.05) is 12.1 Å². The van der Waals surface area contributed by atoms with E-state index in [2.05, 4.69) is 37.0 Å². The zero-order valence-corrected chi connectivity index (χ0v) is 17.9. The molecule has 0 aliphatic heterocycles. The van der Waals surface area contributed by atoms with Gasteiger partial charge in [0.15, 0.2) is 23.0 Å². The lowest BCUT2D eigenvalue weighted by molar-refractivity contribution is 0.0729. The van der Waals surface area contributed by atoms with Crippen LogP contribution in [0, 0.1) is 11.3 Å². The quantitative estimate of drug-likeness (QED) is 0.247. The molecule has 8 heteroatoms. The molecular formula is C23H15BrN4O3. The van der Waals surface area contributed by atoms with E-state index in [9.17, 15) is 10.1 Å². The summed E-state index contributed by atoms with van der Waals surface area (Å²) in [5.74, 6) is 0.567. The van der Waals surface area contributed by atoms with Crippen molar-refractivity contribution in [1.82, 2.24) is 15.0 Å². The van der Waals surface area contributed by atoms with E-state index in [0.29, 0.717) is 39.4 Å². The standard InChI is InChI=1S/C23H15BrN4O3/c1-30-20-10-14(7-8-19(20)31-23(29)15-5-3-2-4-6-15)9-16(12-25)21-27-18-11-17(24)13-26-22(18)28-21/h2-11,13H,1H3,(H,26,27,28). The molecule has 2 heterocycles. The van der Waals surface area contributed by atoms with Gasteiger partial charge in [0.05, 0.1) is 23.8 Å². The largest absolute Gasteiger partial charge is 0.493 e. The predicted molar refractivity (Wildman–Crippen MR) is 119 cm³/mol. The number of H-pyrrole nitrogens is 1. The lowest BCUT2D eigenvalue weighted by Gasteiger charge is -2.10. The molecule has 0 aliphatic rings. The first-order valence-electron chi connectivity index (χ1n) is 9.16. The highest BCUT2D eigenvalue weighted by Crippen LogP contribution is 2.30. The third-order valence-electron chi connectivity index (χ3n) is 4.39. The van der Waals surface area contributed by atoms with Crippen molar-refractivity contribution >= 4 is 44.7 Å². The monoisotopic (exact) mass is 474 g/mol. The van der Waals surface area contributed by atoms with Crippen molar-refractivity contribution in [2.24, 2.45) is 0 Å². The molecule has 2 aromatic heterocycles. The number of benzene rings is 2. The highest BCUT2D eigenvalue weighted by molar-refractivity contribution is 9.10. The van der Waals surface area contributed by atoms with Crippen LogP contribution >= 0.6 is 15.9 Å². The normalized spacial score (nSPS) is 11.2. The summed E-state index contributed by atoms with van der Waals surface area (Å²) in [5, 5.41) is 9.64. The Kier molecular flexibility index (Phi) is 5.78. The molecule has 0 aliphatic carbocycles. The van der Waals surface area contributed by atoms with Gasteiger partial charge < -0.3 is 14.5 Å². The molecule has 0 radical (unpaired) electrons.